The summed E-state index contributed by atoms with van der Waals surface area (Å²) in [5.41, 5.74) is 8.10. The molecule has 0 unspecified atom stereocenters. The number of carbonyl (C=O) groups excluding carboxylic acids is 1. The first-order valence-corrected chi connectivity index (χ1v) is 12.2. The van der Waals surface area contributed by atoms with Gasteiger partial charge in [-0.1, -0.05) is 97.6 Å². The van der Waals surface area contributed by atoms with E-state index in [1.54, 1.807) is 12.1 Å². The summed E-state index contributed by atoms with van der Waals surface area (Å²) < 4.78 is 5.13. The van der Waals surface area contributed by atoms with Gasteiger partial charge in [0, 0.05) is 23.7 Å². The van der Waals surface area contributed by atoms with Gasteiger partial charge in [-0.3, -0.25) is 0 Å². The first-order valence-electron chi connectivity index (χ1n) is 12.2. The molecule has 0 aliphatic heterocycles. The summed E-state index contributed by atoms with van der Waals surface area (Å²) >= 11 is 0. The first-order chi connectivity index (χ1) is 18.2. The molecule has 0 atom stereocenters. The van der Waals surface area contributed by atoms with Gasteiger partial charge in [0.1, 0.15) is 5.75 Å². The van der Waals surface area contributed by atoms with Gasteiger partial charge in [-0.05, 0) is 70.6 Å². The van der Waals surface area contributed by atoms with Crippen LogP contribution in [0, 0.1) is 0 Å². The van der Waals surface area contributed by atoms with Crippen LogP contribution in [0.3, 0.4) is 0 Å². The number of allylic oxidation sites excluding steroid dienone is 3. The van der Waals surface area contributed by atoms with Crippen LogP contribution < -0.4 is 9.64 Å². The lowest BCUT2D eigenvalue weighted by Gasteiger charge is -2.24. The summed E-state index contributed by atoms with van der Waals surface area (Å²) in [5, 5.41) is 0. The minimum absolute atomic E-state index is 0.465. The van der Waals surface area contributed by atoms with Gasteiger partial charge >= 0.3 is 5.97 Å². The number of carbonyl (C=O) groups is 1. The van der Waals surface area contributed by atoms with Gasteiger partial charge in [0.05, 0.1) is 0 Å². The number of para-hydroxylation sites is 1. The van der Waals surface area contributed by atoms with Gasteiger partial charge in [0.25, 0.3) is 0 Å². The average Bonchev–Trinajstić information content (AvgIpc) is 2.96. The zero-order chi connectivity index (χ0) is 25.5. The van der Waals surface area contributed by atoms with Crippen molar-refractivity contribution in [1.82, 2.24) is 0 Å². The van der Waals surface area contributed by atoms with Gasteiger partial charge in [0.2, 0.25) is 0 Å². The number of benzene rings is 4. The monoisotopic (exact) mass is 481 g/mol. The second kappa shape index (κ2) is 11.2. The highest BCUT2D eigenvalue weighted by atomic mass is 16.5. The van der Waals surface area contributed by atoms with E-state index in [9.17, 15) is 4.79 Å². The maximum atomic E-state index is 11.3. The minimum atomic E-state index is -0.465. The third-order valence-electron chi connectivity index (χ3n) is 6.17. The zero-order valence-corrected chi connectivity index (χ0v) is 20.5. The molecule has 0 heterocycles. The predicted molar refractivity (Wildman–Crippen MR) is 153 cm³/mol. The standard InChI is InChI=1S/C34H27NO2/c1-2-34(36)37-32-23-19-27(20-24-32)16-15-26-17-21-31(22-18-26)35(30-12-4-3-5-13-30)25-29-11-8-10-28-9-6-7-14-33(28)29/h2-9,11-25H,1,10H2/b16-15?,29-25-. The Morgan fingerprint density at radius 2 is 1.38 bits per heavy atom. The van der Waals surface area contributed by atoms with Crippen LogP contribution in [-0.2, 0) is 11.2 Å². The summed E-state index contributed by atoms with van der Waals surface area (Å²) in [4.78, 5) is 13.6. The highest BCUT2D eigenvalue weighted by Gasteiger charge is 2.13. The summed E-state index contributed by atoms with van der Waals surface area (Å²) in [6, 6.07) is 34.9. The number of anilines is 2. The summed E-state index contributed by atoms with van der Waals surface area (Å²) in [6.45, 7) is 3.41. The molecule has 5 rings (SSSR count). The molecule has 180 valence electrons. The van der Waals surface area contributed by atoms with E-state index in [-0.39, 0.29) is 0 Å². The molecule has 0 fully saturated rings. The summed E-state index contributed by atoms with van der Waals surface area (Å²) in [5.74, 6) is 0.0317. The Hall–Kier alpha value is -4.89. The van der Waals surface area contributed by atoms with Gasteiger partial charge < -0.3 is 9.64 Å². The van der Waals surface area contributed by atoms with Crippen molar-refractivity contribution in [1.29, 1.82) is 0 Å². The van der Waals surface area contributed by atoms with E-state index in [1.165, 1.54) is 16.7 Å². The van der Waals surface area contributed by atoms with E-state index < -0.39 is 5.97 Å². The van der Waals surface area contributed by atoms with Crippen molar-refractivity contribution in [2.75, 3.05) is 4.90 Å². The Kier molecular flexibility index (Phi) is 7.24. The Balaban J connectivity index is 1.39. The predicted octanol–water partition coefficient (Wildman–Crippen LogP) is 8.24. The fourth-order valence-corrected chi connectivity index (χ4v) is 4.26. The van der Waals surface area contributed by atoms with Crippen LogP contribution in [0.15, 0.2) is 134 Å². The van der Waals surface area contributed by atoms with Crippen LogP contribution in [0.4, 0.5) is 11.4 Å². The van der Waals surface area contributed by atoms with E-state index in [0.717, 1.165) is 35.0 Å². The third kappa shape index (κ3) is 5.85. The van der Waals surface area contributed by atoms with Crippen molar-refractivity contribution in [3.63, 3.8) is 0 Å². The molecule has 37 heavy (non-hydrogen) atoms. The molecule has 0 N–H and O–H groups in total. The SMILES string of the molecule is C=CC(=O)Oc1ccc(C=Cc2ccc(N(/C=C3/C=CCc4ccccc43)c3ccccc3)cc2)cc1. The molecule has 0 aromatic heterocycles. The molecule has 0 radical (unpaired) electrons. The van der Waals surface area contributed by atoms with Crippen LogP contribution in [0.25, 0.3) is 17.7 Å². The number of fused-ring (bicyclic) bond motifs is 1. The fraction of sp³-hybridized carbons (Fsp3) is 0.0294. The largest absolute Gasteiger partial charge is 0.423 e. The van der Waals surface area contributed by atoms with Crippen molar-refractivity contribution in [2.45, 2.75) is 6.42 Å². The van der Waals surface area contributed by atoms with E-state index in [2.05, 4.69) is 109 Å². The Morgan fingerprint density at radius 3 is 2.08 bits per heavy atom. The Labute approximate surface area is 218 Å². The van der Waals surface area contributed by atoms with Gasteiger partial charge in [0.15, 0.2) is 0 Å². The van der Waals surface area contributed by atoms with Crippen molar-refractivity contribution in [3.05, 3.63) is 156 Å². The Bertz CT molecular complexity index is 1480. The average molecular weight is 482 g/mol. The van der Waals surface area contributed by atoms with Crippen molar-refractivity contribution >= 4 is 35.1 Å². The number of ether oxygens (including phenoxy) is 1. The van der Waals surface area contributed by atoms with Crippen LogP contribution in [0.2, 0.25) is 0 Å². The van der Waals surface area contributed by atoms with Gasteiger partial charge in [-0.2, -0.15) is 0 Å². The van der Waals surface area contributed by atoms with Gasteiger partial charge in [-0.15, -0.1) is 0 Å². The number of hydrogen-bond acceptors (Lipinski definition) is 3. The smallest absolute Gasteiger partial charge is 0.335 e. The zero-order valence-electron chi connectivity index (χ0n) is 20.5. The second-order valence-corrected chi connectivity index (χ2v) is 8.67. The van der Waals surface area contributed by atoms with E-state index >= 15 is 0 Å². The van der Waals surface area contributed by atoms with Crippen molar-refractivity contribution in [3.8, 4) is 5.75 Å². The lowest BCUT2D eigenvalue weighted by Crippen LogP contribution is -2.10. The number of hydrogen-bond donors (Lipinski definition) is 0. The molecule has 4 aromatic rings. The van der Waals surface area contributed by atoms with Crippen molar-refractivity contribution < 1.29 is 9.53 Å². The molecule has 0 saturated heterocycles. The molecule has 3 nitrogen and oxygen atoms in total. The quantitative estimate of drug-likeness (QED) is 0.115. The number of rotatable bonds is 7. The van der Waals surface area contributed by atoms with E-state index in [4.69, 9.17) is 4.74 Å². The number of nitrogens with zero attached hydrogens (tertiary/aromatic N) is 1. The molecule has 0 amide bonds. The van der Waals surface area contributed by atoms with E-state index in [0.29, 0.717) is 5.75 Å². The van der Waals surface area contributed by atoms with Crippen LogP contribution in [0.5, 0.6) is 5.75 Å². The molecule has 1 aliphatic carbocycles. The highest BCUT2D eigenvalue weighted by Crippen LogP contribution is 2.32. The molecule has 0 bridgehead atoms. The highest BCUT2D eigenvalue weighted by molar-refractivity contribution is 5.84. The van der Waals surface area contributed by atoms with Crippen LogP contribution in [-0.4, -0.2) is 5.97 Å². The maximum absolute atomic E-state index is 11.3. The summed E-state index contributed by atoms with van der Waals surface area (Å²) in [7, 11) is 0. The van der Waals surface area contributed by atoms with E-state index in [1.807, 2.05) is 24.3 Å². The lowest BCUT2D eigenvalue weighted by molar-refractivity contribution is -0.128. The second-order valence-electron chi connectivity index (χ2n) is 8.67. The van der Waals surface area contributed by atoms with Crippen LogP contribution in [0.1, 0.15) is 22.3 Å². The normalized spacial score (nSPS) is 13.4. The first kappa shape index (κ1) is 23.8. The topological polar surface area (TPSA) is 29.5 Å². The fourth-order valence-electron chi connectivity index (χ4n) is 4.26. The van der Waals surface area contributed by atoms with Crippen molar-refractivity contribution in [2.24, 2.45) is 0 Å². The molecular weight excluding hydrogens is 454 g/mol. The number of esters is 1. The lowest BCUT2D eigenvalue weighted by atomic mass is 9.93. The third-order valence-corrected chi connectivity index (χ3v) is 6.17. The molecule has 0 saturated carbocycles. The maximum Gasteiger partial charge on any atom is 0.335 e. The molecule has 0 spiro atoms. The molecule has 1 aliphatic rings. The Morgan fingerprint density at radius 1 is 0.757 bits per heavy atom. The molecule has 4 aromatic carbocycles. The van der Waals surface area contributed by atoms with Gasteiger partial charge in [-0.25, -0.2) is 4.79 Å². The van der Waals surface area contributed by atoms with Crippen LogP contribution >= 0.6 is 0 Å². The molecular formula is C34H27NO2. The summed E-state index contributed by atoms with van der Waals surface area (Å²) in [6.07, 6.45) is 12.9. The molecule has 3 heteroatoms. The minimum Gasteiger partial charge on any atom is -0.423 e.